The zero-order valence-electron chi connectivity index (χ0n) is 6.75. The first-order chi connectivity index (χ1) is 5.29. The van der Waals surface area contributed by atoms with Gasteiger partial charge in [0.1, 0.15) is 0 Å². The molecule has 6 N–H and O–H groups in total. The van der Waals surface area contributed by atoms with Crippen LogP contribution in [0.1, 0.15) is 0 Å². The zero-order chi connectivity index (χ0) is 10.3. The molecule has 0 atom stereocenters. The van der Waals surface area contributed by atoms with Gasteiger partial charge in [0, 0.05) is 21.1 Å². The van der Waals surface area contributed by atoms with Crippen molar-refractivity contribution in [1.29, 1.82) is 0 Å². The minimum absolute atomic E-state index is 0. The van der Waals surface area contributed by atoms with Crippen molar-refractivity contribution in [3.8, 4) is 0 Å². The summed E-state index contributed by atoms with van der Waals surface area (Å²) in [5.74, 6) is -8.02. The van der Waals surface area contributed by atoms with Gasteiger partial charge in [0.25, 0.3) is 0 Å². The number of carboxylic acids is 4. The van der Waals surface area contributed by atoms with Crippen LogP contribution in [0.5, 0.6) is 0 Å². The van der Waals surface area contributed by atoms with E-state index >= 15 is 0 Å². The minimum atomic E-state index is -2.19. The van der Waals surface area contributed by atoms with Crippen molar-refractivity contribution in [2.75, 3.05) is 0 Å². The third-order valence-electron chi connectivity index (χ3n) is 0.350. The minimum Gasteiger partial charge on any atom is -0.543 e. The Labute approximate surface area is 91.2 Å². The number of quaternary nitrogens is 1. The van der Waals surface area contributed by atoms with Crippen molar-refractivity contribution in [1.82, 2.24) is 6.15 Å². The summed E-state index contributed by atoms with van der Waals surface area (Å²) in [7, 11) is 0. The number of hydrogen-bond acceptors (Lipinski definition) is 6. The van der Waals surface area contributed by atoms with Crippen LogP contribution in [0.15, 0.2) is 0 Å². The van der Waals surface area contributed by atoms with Crippen LogP contribution in [0.25, 0.3) is 0 Å². The van der Waals surface area contributed by atoms with Gasteiger partial charge in [-0.1, -0.05) is 0 Å². The Kier molecular flexibility index (Phi) is 18.9. The number of rotatable bonds is 0. The summed E-state index contributed by atoms with van der Waals surface area (Å²) in [6, 6.07) is 0. The molecule has 0 aromatic rings. The second kappa shape index (κ2) is 11.5. The standard InChI is InChI=1S/2C2H2O4.Mo.H3N/c2*3-1(4)2(5)6;;/h2*(H,3,4)(H,5,6);;1H3/p-1. The molecule has 0 radical (unpaired) electrons. The third kappa shape index (κ3) is 22.4. The molecule has 0 saturated heterocycles. The number of aliphatic carboxylic acids is 4. The van der Waals surface area contributed by atoms with Gasteiger partial charge in [-0.05, 0) is 0 Å². The number of carbonyl (C=O) groups is 4. The molecular weight excluding hydrogens is 286 g/mol. The Morgan fingerprint density at radius 3 is 0.929 bits per heavy atom. The fraction of sp³-hybridized carbons (Fsp3) is 0. The molecule has 0 aromatic heterocycles. The molecule has 0 aliphatic rings. The van der Waals surface area contributed by atoms with Crippen molar-refractivity contribution in [3.05, 3.63) is 0 Å². The zero-order valence-corrected chi connectivity index (χ0v) is 8.76. The molecule has 0 amide bonds. The predicted octanol–water partition coefficient (Wildman–Crippen LogP) is -3.98. The second-order valence-electron chi connectivity index (χ2n) is 1.19. The van der Waals surface area contributed by atoms with Crippen molar-refractivity contribution in [2.45, 2.75) is 0 Å². The van der Waals surface area contributed by atoms with Crippen LogP contribution in [0, 0.1) is 0 Å². The molecule has 0 aromatic carbocycles. The van der Waals surface area contributed by atoms with Crippen LogP contribution in [0.4, 0.5) is 0 Å². The third-order valence-corrected chi connectivity index (χ3v) is 0.350. The molecule has 0 unspecified atom stereocenters. The van der Waals surface area contributed by atoms with Crippen molar-refractivity contribution in [2.24, 2.45) is 0 Å². The Bertz CT molecular complexity index is 177. The first-order valence-electron chi connectivity index (χ1n) is 2.17. The van der Waals surface area contributed by atoms with E-state index in [9.17, 15) is 0 Å². The van der Waals surface area contributed by atoms with Crippen molar-refractivity contribution >= 4 is 23.9 Å². The van der Waals surface area contributed by atoms with Crippen molar-refractivity contribution < 1.29 is 60.7 Å². The van der Waals surface area contributed by atoms with Gasteiger partial charge in [0.05, 0.1) is 11.9 Å². The molecule has 0 rings (SSSR count). The molecule has 0 bridgehead atoms. The molecule has 14 heavy (non-hydrogen) atoms. The molecule has 82 valence electrons. The van der Waals surface area contributed by atoms with Gasteiger partial charge in [0.15, 0.2) is 0 Å². The monoisotopic (exact) mass is 294 g/mol. The van der Waals surface area contributed by atoms with E-state index in [-0.39, 0.29) is 27.2 Å². The summed E-state index contributed by atoms with van der Waals surface area (Å²) in [6.07, 6.45) is 0. The van der Waals surface area contributed by atoms with E-state index in [1.165, 1.54) is 0 Å². The summed E-state index contributed by atoms with van der Waals surface area (Å²) in [5.41, 5.74) is 0. The molecule has 10 heteroatoms. The molecule has 0 aliphatic carbocycles. The number of carbonyl (C=O) groups excluding carboxylic acids is 2. The maximum absolute atomic E-state index is 9.10. The quantitative estimate of drug-likeness (QED) is 0.297. The van der Waals surface area contributed by atoms with Crippen LogP contribution in [0.2, 0.25) is 0 Å². The van der Waals surface area contributed by atoms with Gasteiger partial charge >= 0.3 is 11.9 Å². The van der Waals surface area contributed by atoms with Crippen LogP contribution < -0.4 is 16.4 Å². The van der Waals surface area contributed by atoms with E-state index < -0.39 is 23.9 Å². The topological polar surface area (TPSA) is 191 Å². The average molecular weight is 292 g/mol. The van der Waals surface area contributed by atoms with E-state index in [0.717, 1.165) is 0 Å². The second-order valence-corrected chi connectivity index (χ2v) is 1.19. The molecule has 0 fully saturated rings. The van der Waals surface area contributed by atoms with E-state index in [2.05, 4.69) is 0 Å². The summed E-state index contributed by atoms with van der Waals surface area (Å²) in [6.45, 7) is 0. The smallest absolute Gasteiger partial charge is 0.414 e. The van der Waals surface area contributed by atoms with E-state index in [4.69, 9.17) is 39.6 Å². The molecule has 0 aliphatic heterocycles. The van der Waals surface area contributed by atoms with Crippen LogP contribution >= 0.6 is 0 Å². The van der Waals surface area contributed by atoms with Gasteiger partial charge in [-0.3, -0.25) is 0 Å². The van der Waals surface area contributed by atoms with Gasteiger partial charge in [-0.2, -0.15) is 0 Å². The maximum atomic E-state index is 9.10. The first kappa shape index (κ1) is 22.9. The van der Waals surface area contributed by atoms with E-state index in [1.807, 2.05) is 0 Å². The fourth-order valence-electron chi connectivity index (χ4n) is 0. The SMILES string of the molecule is O=C(O)C(=O)O.O=C([O-])C(=O)[O-].[Mo].[NH4+]. The Hall–Kier alpha value is -1.47. The summed E-state index contributed by atoms with van der Waals surface area (Å²) in [4.78, 5) is 36.1. The van der Waals surface area contributed by atoms with Gasteiger partial charge < -0.3 is 36.2 Å². The van der Waals surface area contributed by atoms with Crippen LogP contribution in [0.3, 0.4) is 0 Å². The summed E-state index contributed by atoms with van der Waals surface area (Å²) < 4.78 is 0. The normalized spacial score (nSPS) is 6.29. The van der Waals surface area contributed by atoms with Gasteiger partial charge in [-0.25, -0.2) is 9.59 Å². The molecular formula is C4H6MoNO8-. The fourth-order valence-corrected chi connectivity index (χ4v) is 0. The van der Waals surface area contributed by atoms with E-state index in [0.29, 0.717) is 0 Å². The molecule has 0 spiro atoms. The van der Waals surface area contributed by atoms with Crippen LogP contribution in [-0.4, -0.2) is 34.1 Å². The Morgan fingerprint density at radius 1 is 0.786 bits per heavy atom. The molecule has 0 heterocycles. The predicted molar refractivity (Wildman–Crippen MR) is 31.3 cm³/mol. The Morgan fingerprint density at radius 2 is 0.929 bits per heavy atom. The number of hydrogen-bond donors (Lipinski definition) is 3. The summed E-state index contributed by atoms with van der Waals surface area (Å²) >= 11 is 0. The van der Waals surface area contributed by atoms with Crippen molar-refractivity contribution in [3.63, 3.8) is 0 Å². The largest absolute Gasteiger partial charge is 0.543 e. The number of carboxylic acid groups (broad SMARTS) is 4. The molecule has 9 nitrogen and oxygen atoms in total. The van der Waals surface area contributed by atoms with Crippen LogP contribution in [-0.2, 0) is 40.2 Å². The summed E-state index contributed by atoms with van der Waals surface area (Å²) in [5, 5.41) is 32.6. The Balaban J connectivity index is -0.0000000625. The van der Waals surface area contributed by atoms with Gasteiger partial charge in [0.2, 0.25) is 0 Å². The maximum Gasteiger partial charge on any atom is 0.414 e. The first-order valence-corrected chi connectivity index (χ1v) is 2.17. The molecule has 0 saturated carbocycles. The van der Waals surface area contributed by atoms with Gasteiger partial charge in [-0.15, -0.1) is 0 Å². The van der Waals surface area contributed by atoms with E-state index in [1.54, 1.807) is 0 Å². The average Bonchev–Trinajstić information content (AvgIpc) is 1.88.